The number of carbonyl (C=O) groups is 2. The first-order chi connectivity index (χ1) is 10.9. The van der Waals surface area contributed by atoms with Crippen molar-refractivity contribution in [1.29, 1.82) is 0 Å². The standard InChI is InChI=1S/C15H20N2O5S/c1-10(2)13(19)21-7-5-3-4-6-8-22-14(20)11-9-16-15(23)17-12(11)18/h9H,1,3-8H2,2H3,(H2,16,17,18,23). The second-order valence-corrected chi connectivity index (χ2v) is 5.36. The van der Waals surface area contributed by atoms with Crippen molar-refractivity contribution in [2.24, 2.45) is 0 Å². The average Bonchev–Trinajstić information content (AvgIpc) is 2.49. The zero-order valence-corrected chi connectivity index (χ0v) is 13.8. The molecule has 23 heavy (non-hydrogen) atoms. The molecule has 1 aromatic heterocycles. The minimum atomic E-state index is -0.687. The summed E-state index contributed by atoms with van der Waals surface area (Å²) in [5, 5.41) is 0. The molecule has 0 amide bonds. The Kier molecular flexibility index (Phi) is 7.96. The molecule has 0 bridgehead atoms. The molecule has 1 heterocycles. The van der Waals surface area contributed by atoms with Gasteiger partial charge >= 0.3 is 11.9 Å². The molecule has 0 aliphatic heterocycles. The molecule has 0 unspecified atom stereocenters. The number of unbranched alkanes of at least 4 members (excludes halogenated alkanes) is 3. The second-order valence-electron chi connectivity index (χ2n) is 4.95. The van der Waals surface area contributed by atoms with Gasteiger partial charge in [-0.3, -0.25) is 9.78 Å². The molecule has 2 N–H and O–H groups in total. The fourth-order valence-electron chi connectivity index (χ4n) is 1.65. The Labute approximate surface area is 138 Å². The molecule has 0 fully saturated rings. The third-order valence-corrected chi connectivity index (χ3v) is 3.11. The van der Waals surface area contributed by atoms with Gasteiger partial charge in [0.15, 0.2) is 4.77 Å². The van der Waals surface area contributed by atoms with Crippen LogP contribution in [0.2, 0.25) is 0 Å². The van der Waals surface area contributed by atoms with E-state index in [0.717, 1.165) is 19.3 Å². The number of aromatic amines is 2. The Morgan fingerprint density at radius 3 is 2.35 bits per heavy atom. The first-order valence-electron chi connectivity index (χ1n) is 7.23. The molecule has 1 aromatic rings. The highest BCUT2D eigenvalue weighted by Crippen LogP contribution is 2.03. The molecule has 0 aromatic carbocycles. The smallest absolute Gasteiger partial charge is 0.345 e. The number of nitrogens with one attached hydrogen (secondary N) is 2. The maximum Gasteiger partial charge on any atom is 0.345 e. The minimum absolute atomic E-state index is 0.106. The third-order valence-electron chi connectivity index (χ3n) is 2.89. The van der Waals surface area contributed by atoms with Crippen LogP contribution in [0.5, 0.6) is 0 Å². The van der Waals surface area contributed by atoms with E-state index in [2.05, 4.69) is 16.5 Å². The van der Waals surface area contributed by atoms with Crippen molar-refractivity contribution in [2.75, 3.05) is 13.2 Å². The highest BCUT2D eigenvalue weighted by molar-refractivity contribution is 7.71. The summed E-state index contributed by atoms with van der Waals surface area (Å²) < 4.78 is 10.1. The van der Waals surface area contributed by atoms with Gasteiger partial charge in [0.2, 0.25) is 0 Å². The van der Waals surface area contributed by atoms with Crippen LogP contribution in [-0.4, -0.2) is 35.1 Å². The van der Waals surface area contributed by atoms with Gasteiger partial charge in [0.1, 0.15) is 5.56 Å². The number of hydrogen-bond donors (Lipinski definition) is 2. The molecule has 0 atom stereocenters. The van der Waals surface area contributed by atoms with Crippen LogP contribution in [0.15, 0.2) is 23.1 Å². The van der Waals surface area contributed by atoms with E-state index < -0.39 is 11.5 Å². The fourth-order valence-corrected chi connectivity index (χ4v) is 1.80. The average molecular weight is 340 g/mol. The Morgan fingerprint density at radius 1 is 1.17 bits per heavy atom. The summed E-state index contributed by atoms with van der Waals surface area (Å²) in [6.07, 6.45) is 4.31. The summed E-state index contributed by atoms with van der Waals surface area (Å²) in [5.41, 5.74) is -0.295. The predicted molar refractivity (Wildman–Crippen MR) is 86.8 cm³/mol. The number of hydrogen-bond acceptors (Lipinski definition) is 6. The Morgan fingerprint density at radius 2 is 1.78 bits per heavy atom. The first kappa shape index (κ1) is 18.8. The van der Waals surface area contributed by atoms with Crippen LogP contribution in [0.3, 0.4) is 0 Å². The first-order valence-corrected chi connectivity index (χ1v) is 7.64. The monoisotopic (exact) mass is 340 g/mol. The molecule has 0 saturated carbocycles. The molecule has 0 saturated heterocycles. The SMILES string of the molecule is C=C(C)C(=O)OCCCCCCOC(=O)c1c[nH]c(=S)[nH]c1=O. The lowest BCUT2D eigenvalue weighted by molar-refractivity contribution is -0.139. The maximum atomic E-state index is 11.7. The minimum Gasteiger partial charge on any atom is -0.462 e. The summed E-state index contributed by atoms with van der Waals surface area (Å²) in [7, 11) is 0. The summed E-state index contributed by atoms with van der Waals surface area (Å²) in [4.78, 5) is 39.2. The van der Waals surface area contributed by atoms with Crippen LogP contribution in [0.4, 0.5) is 0 Å². The van der Waals surface area contributed by atoms with Crippen molar-refractivity contribution in [1.82, 2.24) is 9.97 Å². The third kappa shape index (κ3) is 7.05. The Bertz CT molecular complexity index is 677. The molecule has 126 valence electrons. The quantitative estimate of drug-likeness (QED) is 0.309. The topological polar surface area (TPSA) is 101 Å². The molecule has 0 aliphatic rings. The lowest BCUT2D eigenvalue weighted by atomic mass is 10.2. The summed E-state index contributed by atoms with van der Waals surface area (Å²) >= 11 is 4.73. The molecular formula is C15H20N2O5S. The summed E-state index contributed by atoms with van der Waals surface area (Å²) in [6.45, 7) is 5.66. The highest BCUT2D eigenvalue weighted by Gasteiger charge is 2.11. The van der Waals surface area contributed by atoms with Crippen molar-refractivity contribution in [2.45, 2.75) is 32.6 Å². The maximum absolute atomic E-state index is 11.7. The Balaban J connectivity index is 2.14. The van der Waals surface area contributed by atoms with E-state index in [1.807, 2.05) is 0 Å². The van der Waals surface area contributed by atoms with Crippen LogP contribution < -0.4 is 5.56 Å². The van der Waals surface area contributed by atoms with E-state index in [4.69, 9.17) is 21.7 Å². The summed E-state index contributed by atoms with van der Waals surface area (Å²) in [6, 6.07) is 0. The van der Waals surface area contributed by atoms with Crippen LogP contribution in [0.25, 0.3) is 0 Å². The fraction of sp³-hybridized carbons (Fsp3) is 0.467. The Hall–Kier alpha value is -2.22. The lowest BCUT2D eigenvalue weighted by Gasteiger charge is -2.05. The van der Waals surface area contributed by atoms with E-state index in [9.17, 15) is 14.4 Å². The van der Waals surface area contributed by atoms with Crippen molar-refractivity contribution >= 4 is 24.2 Å². The highest BCUT2D eigenvalue weighted by atomic mass is 32.1. The van der Waals surface area contributed by atoms with Gasteiger partial charge in [-0.15, -0.1) is 0 Å². The van der Waals surface area contributed by atoms with Crippen molar-refractivity contribution in [3.8, 4) is 0 Å². The largest absolute Gasteiger partial charge is 0.462 e. The van der Waals surface area contributed by atoms with Gasteiger partial charge in [-0.25, -0.2) is 9.59 Å². The number of carbonyl (C=O) groups excluding carboxylic acids is 2. The van der Waals surface area contributed by atoms with E-state index in [0.29, 0.717) is 18.6 Å². The van der Waals surface area contributed by atoms with Gasteiger partial charge in [0.05, 0.1) is 13.2 Å². The molecule has 7 nitrogen and oxygen atoms in total. The second kappa shape index (κ2) is 9.73. The van der Waals surface area contributed by atoms with Crippen LogP contribution in [0, 0.1) is 4.77 Å². The van der Waals surface area contributed by atoms with E-state index in [1.165, 1.54) is 6.20 Å². The normalized spacial score (nSPS) is 10.1. The molecule has 0 radical (unpaired) electrons. The van der Waals surface area contributed by atoms with Gasteiger partial charge < -0.3 is 14.5 Å². The van der Waals surface area contributed by atoms with Crippen molar-refractivity contribution < 1.29 is 19.1 Å². The van der Waals surface area contributed by atoms with Gasteiger partial charge in [0.25, 0.3) is 5.56 Å². The zero-order valence-electron chi connectivity index (χ0n) is 13.0. The van der Waals surface area contributed by atoms with Crippen molar-refractivity contribution in [3.05, 3.63) is 39.0 Å². The molecule has 1 rings (SSSR count). The van der Waals surface area contributed by atoms with Gasteiger partial charge in [0, 0.05) is 11.8 Å². The lowest BCUT2D eigenvalue weighted by Crippen LogP contribution is -2.20. The van der Waals surface area contributed by atoms with Crippen molar-refractivity contribution in [3.63, 3.8) is 0 Å². The van der Waals surface area contributed by atoms with E-state index in [-0.39, 0.29) is 22.9 Å². The van der Waals surface area contributed by atoms with Gasteiger partial charge in [-0.2, -0.15) is 0 Å². The summed E-state index contributed by atoms with van der Waals surface area (Å²) in [5.74, 6) is -1.07. The molecule has 0 aliphatic carbocycles. The predicted octanol–water partition coefficient (Wildman–Crippen LogP) is 2.27. The molecule has 8 heteroatoms. The number of esters is 2. The zero-order chi connectivity index (χ0) is 17.2. The molecular weight excluding hydrogens is 320 g/mol. The van der Waals surface area contributed by atoms with E-state index >= 15 is 0 Å². The number of ether oxygens (including phenoxy) is 2. The van der Waals surface area contributed by atoms with Gasteiger partial charge in [-0.1, -0.05) is 6.58 Å². The molecule has 0 spiro atoms. The van der Waals surface area contributed by atoms with Crippen LogP contribution >= 0.6 is 12.2 Å². The van der Waals surface area contributed by atoms with Crippen LogP contribution in [0.1, 0.15) is 43.0 Å². The van der Waals surface area contributed by atoms with E-state index in [1.54, 1.807) is 6.92 Å². The van der Waals surface area contributed by atoms with Crippen LogP contribution in [-0.2, 0) is 14.3 Å². The number of aromatic nitrogens is 2. The number of rotatable bonds is 9. The number of H-pyrrole nitrogens is 2. The van der Waals surface area contributed by atoms with Gasteiger partial charge in [-0.05, 0) is 44.8 Å².